The van der Waals surface area contributed by atoms with Gasteiger partial charge in [-0.05, 0) is 106 Å². The second-order valence-electron chi connectivity index (χ2n) is 17.8. The molecule has 3 aliphatic heterocycles. The minimum Gasteiger partial charge on any atom is -0.394 e. The molecule has 51 heavy (non-hydrogen) atoms. The van der Waals surface area contributed by atoms with Gasteiger partial charge >= 0.3 is 0 Å². The van der Waals surface area contributed by atoms with Gasteiger partial charge in [-0.25, -0.2) is 0 Å². The summed E-state index contributed by atoms with van der Waals surface area (Å²) in [6.07, 6.45) is 0.158. The van der Waals surface area contributed by atoms with Crippen LogP contribution in [0, 0.1) is 34.5 Å². The first-order valence-electron chi connectivity index (χ1n) is 19.8. The molecule has 6 N–H and O–H groups in total. The van der Waals surface area contributed by atoms with Gasteiger partial charge in [0.25, 0.3) is 0 Å². The Balaban J connectivity index is 1.03. The number of aliphatic hydroxyl groups is 6. The fourth-order valence-corrected chi connectivity index (χ4v) is 11.3. The van der Waals surface area contributed by atoms with Gasteiger partial charge in [0.05, 0.1) is 31.5 Å². The Bertz CT molecular complexity index is 1240. The summed E-state index contributed by atoms with van der Waals surface area (Å²) in [5.41, 5.74) is 1.72. The van der Waals surface area contributed by atoms with E-state index in [1.807, 2.05) is 0 Å². The summed E-state index contributed by atoms with van der Waals surface area (Å²) in [4.78, 5) is 0. The predicted molar refractivity (Wildman–Crippen MR) is 184 cm³/mol. The smallest absolute Gasteiger partial charge is 0.187 e. The van der Waals surface area contributed by atoms with E-state index in [4.69, 9.17) is 28.4 Å². The largest absolute Gasteiger partial charge is 0.394 e. The molecule has 7 aliphatic rings. The van der Waals surface area contributed by atoms with Crippen LogP contribution in [0.5, 0.6) is 0 Å². The van der Waals surface area contributed by atoms with Crippen molar-refractivity contribution in [3.63, 3.8) is 0 Å². The lowest BCUT2D eigenvalue weighted by Crippen LogP contribution is -2.64. The van der Waals surface area contributed by atoms with Crippen LogP contribution < -0.4 is 0 Å². The summed E-state index contributed by atoms with van der Waals surface area (Å²) in [5, 5.41) is 62.8. The van der Waals surface area contributed by atoms with Crippen LogP contribution in [-0.2, 0) is 28.4 Å². The van der Waals surface area contributed by atoms with Crippen LogP contribution in [0.15, 0.2) is 11.6 Å². The second-order valence-corrected chi connectivity index (χ2v) is 17.8. The Hall–Kier alpha value is -0.740. The molecule has 19 unspecified atom stereocenters. The third-order valence-electron chi connectivity index (χ3n) is 14.6. The van der Waals surface area contributed by atoms with Crippen molar-refractivity contribution in [2.75, 3.05) is 13.2 Å². The molecule has 6 fully saturated rings. The predicted octanol–water partition coefficient (Wildman–Crippen LogP) is 2.92. The van der Waals surface area contributed by atoms with Crippen LogP contribution in [0.2, 0.25) is 0 Å². The van der Waals surface area contributed by atoms with E-state index in [2.05, 4.69) is 33.8 Å². The number of aliphatic hydroxyl groups excluding tert-OH is 6. The number of hydrogen-bond donors (Lipinski definition) is 6. The SMILES string of the molecule is CCC1(OC2CC3C4CC=C5CC(OC6OC(CO)C(O)C(O)C6OC6OC(C)C(O)C(O)C6O)CCC5(C)C4CCC3(C)C2)CCC(C)CO1. The molecule has 0 bridgehead atoms. The first-order chi connectivity index (χ1) is 24.2. The molecule has 3 saturated carbocycles. The Morgan fingerprint density at radius 3 is 2.31 bits per heavy atom. The van der Waals surface area contributed by atoms with Crippen molar-refractivity contribution in [1.29, 1.82) is 0 Å². The monoisotopic (exact) mass is 724 g/mol. The van der Waals surface area contributed by atoms with Gasteiger partial charge in [-0.3, -0.25) is 0 Å². The molecular formula is C39H64O12. The Kier molecular flexibility index (Phi) is 11.1. The average Bonchev–Trinajstić information content (AvgIpc) is 3.46. The molecule has 0 aromatic carbocycles. The van der Waals surface area contributed by atoms with Gasteiger partial charge < -0.3 is 59.1 Å². The van der Waals surface area contributed by atoms with Crippen LogP contribution in [0.4, 0.5) is 0 Å². The van der Waals surface area contributed by atoms with Crippen molar-refractivity contribution in [3.8, 4) is 0 Å². The highest BCUT2D eigenvalue weighted by Crippen LogP contribution is 2.65. The number of rotatable bonds is 8. The maximum absolute atomic E-state index is 11.1. The van der Waals surface area contributed by atoms with Crippen molar-refractivity contribution in [2.24, 2.45) is 34.5 Å². The average molecular weight is 725 g/mol. The lowest BCUT2D eigenvalue weighted by atomic mass is 9.48. The van der Waals surface area contributed by atoms with Gasteiger partial charge in [0.15, 0.2) is 18.4 Å². The Morgan fingerprint density at radius 1 is 0.824 bits per heavy atom. The molecule has 7 rings (SSSR count). The van der Waals surface area contributed by atoms with E-state index in [9.17, 15) is 30.6 Å². The molecule has 0 radical (unpaired) electrons. The van der Waals surface area contributed by atoms with E-state index in [0.29, 0.717) is 30.1 Å². The molecule has 0 aromatic rings. The zero-order chi connectivity index (χ0) is 36.5. The number of hydrogen-bond acceptors (Lipinski definition) is 12. The van der Waals surface area contributed by atoms with Gasteiger partial charge in [0, 0.05) is 6.42 Å². The summed E-state index contributed by atoms with van der Waals surface area (Å²) in [6.45, 7) is 11.2. The summed E-state index contributed by atoms with van der Waals surface area (Å²) in [5.74, 6) is 1.94. The molecule has 0 aromatic heterocycles. The third-order valence-corrected chi connectivity index (χ3v) is 14.6. The van der Waals surface area contributed by atoms with E-state index in [-0.39, 0.29) is 23.0 Å². The van der Waals surface area contributed by atoms with Gasteiger partial charge in [-0.2, -0.15) is 0 Å². The first-order valence-corrected chi connectivity index (χ1v) is 19.8. The van der Waals surface area contributed by atoms with Crippen LogP contribution in [0.25, 0.3) is 0 Å². The summed E-state index contributed by atoms with van der Waals surface area (Å²) < 4.78 is 37.4. The van der Waals surface area contributed by atoms with Crippen LogP contribution >= 0.6 is 0 Å². The quantitative estimate of drug-likeness (QED) is 0.202. The molecule has 3 heterocycles. The zero-order valence-corrected chi connectivity index (χ0v) is 31.1. The van der Waals surface area contributed by atoms with E-state index >= 15 is 0 Å². The van der Waals surface area contributed by atoms with Crippen LogP contribution in [0.1, 0.15) is 105 Å². The number of allylic oxidation sites excluding steroid dienone is 1. The fourth-order valence-electron chi connectivity index (χ4n) is 11.3. The van der Waals surface area contributed by atoms with Gasteiger partial charge in [-0.1, -0.05) is 39.3 Å². The summed E-state index contributed by atoms with van der Waals surface area (Å²) >= 11 is 0. The minimum atomic E-state index is -1.61. The summed E-state index contributed by atoms with van der Waals surface area (Å²) in [7, 11) is 0. The van der Waals surface area contributed by atoms with E-state index in [0.717, 1.165) is 58.0 Å². The highest BCUT2D eigenvalue weighted by atomic mass is 16.8. The minimum absolute atomic E-state index is 0.0517. The van der Waals surface area contributed by atoms with Gasteiger partial charge in [0.1, 0.15) is 42.7 Å². The number of fused-ring (bicyclic) bond motifs is 5. The van der Waals surface area contributed by atoms with Crippen molar-refractivity contribution < 1.29 is 59.1 Å². The Morgan fingerprint density at radius 2 is 1.61 bits per heavy atom. The van der Waals surface area contributed by atoms with Gasteiger partial charge in [0.2, 0.25) is 0 Å². The van der Waals surface area contributed by atoms with Crippen molar-refractivity contribution in [1.82, 2.24) is 0 Å². The molecule has 0 spiro atoms. The van der Waals surface area contributed by atoms with Crippen molar-refractivity contribution in [3.05, 3.63) is 11.6 Å². The third kappa shape index (κ3) is 7.01. The van der Waals surface area contributed by atoms with Crippen molar-refractivity contribution in [2.45, 2.75) is 185 Å². The molecule has 19 atom stereocenters. The molecule has 4 aliphatic carbocycles. The molecule has 0 amide bonds. The highest BCUT2D eigenvalue weighted by Gasteiger charge is 2.59. The van der Waals surface area contributed by atoms with Gasteiger partial charge in [-0.15, -0.1) is 0 Å². The molecule has 3 saturated heterocycles. The van der Waals surface area contributed by atoms with E-state index < -0.39 is 73.8 Å². The molecule has 12 nitrogen and oxygen atoms in total. The Labute approximate surface area is 302 Å². The zero-order valence-electron chi connectivity index (χ0n) is 31.1. The number of ether oxygens (including phenoxy) is 6. The lowest BCUT2D eigenvalue weighted by molar-refractivity contribution is -0.369. The van der Waals surface area contributed by atoms with E-state index in [1.165, 1.54) is 25.3 Å². The molecular weight excluding hydrogens is 660 g/mol. The normalized spacial score (nSPS) is 54.6. The standard InChI is InChI=1S/C39H64O12/c1-6-39(14-9-20(2)19-46-39)51-24-16-27-25-8-7-22-15-23(10-13-38(22,5)26(25)11-12-37(27,4)17-24)48-36-34(32(44)30(42)28(18-40)49-36)50-35-33(45)31(43)29(41)21(3)47-35/h7,20-21,23-36,40-45H,6,8-19H2,1-5H3. The van der Waals surface area contributed by atoms with Crippen LogP contribution in [-0.4, -0.2) is 123 Å². The topological polar surface area (TPSA) is 177 Å². The molecule has 12 heteroatoms. The maximum Gasteiger partial charge on any atom is 0.187 e. The van der Waals surface area contributed by atoms with Crippen molar-refractivity contribution >= 4 is 0 Å². The maximum atomic E-state index is 11.1. The second kappa shape index (κ2) is 14.7. The summed E-state index contributed by atoms with van der Waals surface area (Å²) in [6, 6.07) is 0. The highest BCUT2D eigenvalue weighted by molar-refractivity contribution is 5.25. The lowest BCUT2D eigenvalue weighted by Gasteiger charge is -2.57. The van der Waals surface area contributed by atoms with E-state index in [1.54, 1.807) is 0 Å². The molecule has 292 valence electrons. The fraction of sp³-hybridized carbons (Fsp3) is 0.949. The van der Waals surface area contributed by atoms with Crippen LogP contribution in [0.3, 0.4) is 0 Å². The first kappa shape index (κ1) is 38.5.